The Kier molecular flexibility index (Phi) is 18.7. The van der Waals surface area contributed by atoms with Gasteiger partial charge in [0.2, 0.25) is 0 Å². The van der Waals surface area contributed by atoms with Crippen molar-refractivity contribution in [3.8, 4) is 50.6 Å². The topological polar surface area (TPSA) is 93.2 Å². The van der Waals surface area contributed by atoms with Crippen LogP contribution in [0.15, 0.2) is 434 Å². The lowest BCUT2D eigenvalue weighted by Gasteiger charge is -2.40. The Hall–Kier alpha value is -17.0. The van der Waals surface area contributed by atoms with Gasteiger partial charge in [-0.3, -0.25) is 9.80 Å². The minimum atomic E-state index is -1.60. The van der Waals surface area contributed by atoms with Crippen molar-refractivity contribution in [3.63, 3.8) is 0 Å². The van der Waals surface area contributed by atoms with E-state index < -0.39 is 27.0 Å². The lowest BCUT2D eigenvalue weighted by Crippen LogP contribution is -2.37. The molecule has 136 heavy (non-hydrogen) atoms. The summed E-state index contributed by atoms with van der Waals surface area (Å²) in [6.45, 7) is 22.1. The van der Waals surface area contributed by atoms with E-state index in [0.717, 1.165) is 129 Å². The molecule has 0 N–H and O–H groups in total. The smallest absolute Gasteiger partial charge is 0.187 e. The van der Waals surface area contributed by atoms with Gasteiger partial charge in [0.05, 0.1) is 45.2 Å². The molecule has 26 rings (SSSR count). The van der Waals surface area contributed by atoms with E-state index in [4.69, 9.17) is 25.4 Å². The number of anilines is 12. The molecule has 12 heteroatoms. The fourth-order valence-electron chi connectivity index (χ4n) is 22.5. The van der Waals surface area contributed by atoms with Crippen molar-refractivity contribution in [1.29, 1.82) is 5.26 Å². The van der Waals surface area contributed by atoms with E-state index in [-0.39, 0.29) is 0 Å². The number of hydrogen-bond acceptors (Lipinski definition) is 9. The van der Waals surface area contributed by atoms with E-state index in [2.05, 4.69) is 446 Å². The van der Waals surface area contributed by atoms with Crippen LogP contribution < -0.4 is 30.0 Å². The first-order valence-electron chi connectivity index (χ1n) is 46.5. The Morgan fingerprint density at radius 1 is 0.287 bits per heavy atom. The van der Waals surface area contributed by atoms with Crippen LogP contribution in [0.25, 0.3) is 115 Å². The van der Waals surface area contributed by atoms with Crippen LogP contribution in [-0.2, 0) is 10.8 Å². The lowest BCUT2D eigenvalue weighted by molar-refractivity contribution is 0.666. The van der Waals surface area contributed by atoms with E-state index in [1.54, 1.807) is 0 Å². The summed E-state index contributed by atoms with van der Waals surface area (Å²) in [6.07, 6.45) is 3.73. The summed E-state index contributed by atoms with van der Waals surface area (Å²) >= 11 is 0. The Balaban J connectivity index is 0.000000147. The third-order valence-electron chi connectivity index (χ3n) is 28.6. The molecule has 4 aliphatic carbocycles. The number of para-hydroxylation sites is 4. The van der Waals surface area contributed by atoms with Gasteiger partial charge in [0, 0.05) is 102 Å². The maximum absolute atomic E-state index is 9.93. The average Bonchev–Trinajstić information content (AvgIpc) is 1.46. The van der Waals surface area contributed by atoms with E-state index in [1.807, 2.05) is 48.8 Å². The molecule has 0 radical (unpaired) electrons. The van der Waals surface area contributed by atoms with E-state index in [1.165, 1.54) is 104 Å². The highest BCUT2D eigenvalue weighted by atomic mass is 28.3. The van der Waals surface area contributed by atoms with Gasteiger partial charge in [0.25, 0.3) is 0 Å². The summed E-state index contributed by atoms with van der Waals surface area (Å²) in [6, 6.07) is 151. The molecular formula is C124H88N8O2Si2. The zero-order valence-corrected chi connectivity index (χ0v) is 77.8. The van der Waals surface area contributed by atoms with Crippen molar-refractivity contribution in [3.05, 3.63) is 486 Å². The number of rotatable bonds is 14. The van der Waals surface area contributed by atoms with Gasteiger partial charge < -0.3 is 18.6 Å². The molecule has 4 aromatic heterocycles. The Bertz CT molecular complexity index is 8330. The number of aromatic nitrogens is 2. The van der Waals surface area contributed by atoms with Crippen LogP contribution in [0, 0.1) is 17.9 Å². The number of hydrogen-bond donors (Lipinski definition) is 0. The average molecular weight is 1780 g/mol. The molecule has 644 valence electrons. The maximum Gasteiger partial charge on any atom is 0.187 e. The molecule has 0 fully saturated rings. The summed E-state index contributed by atoms with van der Waals surface area (Å²) in [5.74, 6) is 1.69. The fourth-order valence-corrected chi connectivity index (χ4v) is 24.8. The second-order valence-corrected chi connectivity index (χ2v) is 48.2. The predicted octanol–water partition coefficient (Wildman–Crippen LogP) is 32.3. The Labute approximate surface area is 791 Å². The first-order valence-corrected chi connectivity index (χ1v) is 53.5. The molecule has 10 nitrogen and oxygen atoms in total. The Morgan fingerprint density at radius 3 is 0.993 bits per heavy atom. The molecule has 4 heterocycles. The first kappa shape index (κ1) is 81.0. The summed E-state index contributed by atoms with van der Waals surface area (Å²) in [5, 5.41) is 22.0. The number of furan rings is 2. The highest BCUT2D eigenvalue weighted by molar-refractivity contribution is 6.89. The molecule has 0 aliphatic heterocycles. The third-order valence-corrected chi connectivity index (χ3v) is 32.7. The summed E-state index contributed by atoms with van der Waals surface area (Å²) in [7, 11) is -3.20. The number of nitrogens with zero attached hydrogens (tertiary/aromatic N) is 8. The highest BCUT2D eigenvalue weighted by Gasteiger charge is 2.54. The van der Waals surface area contributed by atoms with Gasteiger partial charge in [0.15, 0.2) is 5.69 Å². The van der Waals surface area contributed by atoms with Gasteiger partial charge in [-0.2, -0.15) is 5.26 Å². The van der Waals surface area contributed by atoms with Crippen LogP contribution in [0.4, 0.5) is 74.2 Å². The molecule has 2 spiro atoms. The van der Waals surface area contributed by atoms with Crippen molar-refractivity contribution < 1.29 is 8.83 Å². The normalized spacial score (nSPS) is 13.7. The largest absolute Gasteiger partial charge is 0.455 e. The molecule has 1 atom stereocenters. The molecule has 0 bridgehead atoms. The van der Waals surface area contributed by atoms with Gasteiger partial charge in [0.1, 0.15) is 34.0 Å². The summed E-state index contributed by atoms with van der Waals surface area (Å²) < 4.78 is 14.1. The zero-order chi connectivity index (χ0) is 91.5. The lowest BCUT2D eigenvalue weighted by atomic mass is 9.61. The number of fused-ring (bicyclic) bond motifs is 26. The van der Waals surface area contributed by atoms with Crippen molar-refractivity contribution in [2.75, 3.05) is 19.6 Å². The molecule has 0 saturated carbocycles. The van der Waals surface area contributed by atoms with E-state index >= 15 is 0 Å². The molecule has 1 unspecified atom stereocenters. The summed E-state index contributed by atoms with van der Waals surface area (Å²) in [5.41, 5.74) is 32.3. The minimum Gasteiger partial charge on any atom is -0.455 e. The molecule has 4 aliphatic rings. The minimum absolute atomic E-state index is 0.603. The highest BCUT2D eigenvalue weighted by Crippen LogP contribution is 2.67. The van der Waals surface area contributed by atoms with Crippen LogP contribution in [0.1, 0.15) is 50.1 Å². The van der Waals surface area contributed by atoms with Crippen LogP contribution in [-0.4, -0.2) is 26.1 Å². The Morgan fingerprint density at radius 2 is 0.625 bits per heavy atom. The van der Waals surface area contributed by atoms with Gasteiger partial charge in [-0.25, -0.2) is 14.8 Å². The number of pyridine rings is 2. The van der Waals surface area contributed by atoms with E-state index in [0.29, 0.717) is 11.3 Å². The summed E-state index contributed by atoms with van der Waals surface area (Å²) in [4.78, 5) is 22.8. The number of benzene rings is 18. The molecule has 22 aromatic rings. The van der Waals surface area contributed by atoms with Crippen LogP contribution in [0.5, 0.6) is 0 Å². The molecule has 0 saturated heterocycles. The third kappa shape index (κ3) is 12.5. The van der Waals surface area contributed by atoms with Gasteiger partial charge in [-0.15, -0.1) is 0 Å². The van der Waals surface area contributed by atoms with Crippen LogP contribution in [0.3, 0.4) is 0 Å². The van der Waals surface area contributed by atoms with Crippen molar-refractivity contribution >= 4 is 166 Å². The monoisotopic (exact) mass is 1780 g/mol. The predicted molar refractivity (Wildman–Crippen MR) is 566 cm³/mol. The van der Waals surface area contributed by atoms with Crippen molar-refractivity contribution in [1.82, 2.24) is 9.97 Å². The molecular weight excluding hydrogens is 1690 g/mol. The van der Waals surface area contributed by atoms with Crippen molar-refractivity contribution in [2.24, 2.45) is 0 Å². The quantitative estimate of drug-likeness (QED) is 0.0779. The molecule has 0 amide bonds. The SMILES string of the molecule is [C-]#[N+]c1ccc(N(c2ccc([Si](C)(C)C)cc2)c2ccc3c(c2)C2(c4cc(N(c5ccc(C#N)cc5)c5ccc([Si](C)(C)C)cc5)ccc4-3)c3ccc4c(oc5ccccc54)c3-c3cccc4cccc2c34)cc1.c1ccc(N(c2ccc3c(c2)C2(c4cc(N(c5ccccc5)c5ccccn5)ccc4-3)c3ccc4c(oc5ccccc54)c3-c3cccc4cccc2c34)c2ccccn2)cc1. The second kappa shape index (κ2) is 31.3. The van der Waals surface area contributed by atoms with Crippen LogP contribution >= 0.6 is 0 Å². The van der Waals surface area contributed by atoms with Gasteiger partial charge >= 0.3 is 0 Å². The van der Waals surface area contributed by atoms with Gasteiger partial charge in [-0.1, -0.05) is 292 Å². The van der Waals surface area contributed by atoms with Gasteiger partial charge in [-0.05, 0) is 269 Å². The van der Waals surface area contributed by atoms with Crippen LogP contribution in [0.2, 0.25) is 39.3 Å². The zero-order valence-electron chi connectivity index (χ0n) is 75.8. The standard InChI is InChI=1S/C67H52N4OSi2.C57H36N4O/c1-69-45-20-24-47(25-21-45)71(49-28-34-53(35-29-49)74(5,6)7)51-31-37-55-54-36-30-50(70(46-22-18-43(42-68)19-23-46)48-26-32-52(33-27-48)73(2,3)4)40-61(54)67(62(55)41-51)59-16-11-13-44-12-10-15-58(64(44)59)65-60(67)39-38-57-56-14-8-9-17-63(56)72-66(57)65;1-3-17-38(18-4-1)60(52-25-9-11-33-58-52)40-27-29-42-43-30-28-41(61(39-19-5-2-6-20-39)53-26-10-12-34-59-53)36-50(43)57(49(42)35-40)47-23-14-16-37-15-13-22-46(54(37)47)55-48(57)32-31-45-44-21-7-8-24-51(44)62-56(45)55/h8-41H,2-7H3;1-36H. The maximum atomic E-state index is 9.93. The second-order valence-electron chi connectivity index (χ2n) is 38.0. The molecule has 18 aromatic carbocycles. The number of nitriles is 1. The first-order chi connectivity index (χ1) is 66.6. The van der Waals surface area contributed by atoms with Crippen molar-refractivity contribution in [2.45, 2.75) is 50.1 Å². The fraction of sp³-hybridized carbons (Fsp3) is 0.0645. The van der Waals surface area contributed by atoms with E-state index in [9.17, 15) is 5.26 Å².